The Balaban J connectivity index is 1.89. The number of rotatable bonds is 6. The van der Waals surface area contributed by atoms with Gasteiger partial charge in [0.25, 0.3) is 0 Å². The maximum absolute atomic E-state index is 11.8. The predicted octanol–water partition coefficient (Wildman–Crippen LogP) is 2.85. The first-order valence-electron chi connectivity index (χ1n) is 6.26. The first-order valence-corrected chi connectivity index (χ1v) is 7.79. The van der Waals surface area contributed by atoms with Crippen LogP contribution in [0, 0.1) is 5.92 Å². The minimum absolute atomic E-state index is 0.276. The van der Waals surface area contributed by atoms with Gasteiger partial charge in [-0.2, -0.15) is 11.8 Å². The van der Waals surface area contributed by atoms with Crippen LogP contribution in [0.4, 0.5) is 0 Å². The standard InChI is InChI=1S/C14H18ClNO2S/c1-18-13(17)14(16,11-4-5-11)9-19-8-10-2-6-12(15)7-3-10/h2-3,6-7,11H,4-5,8-9,16H2,1H3. The van der Waals surface area contributed by atoms with Gasteiger partial charge in [-0.25, -0.2) is 0 Å². The average Bonchev–Trinajstić information content (AvgIpc) is 3.24. The lowest BCUT2D eigenvalue weighted by atomic mass is 9.97. The van der Waals surface area contributed by atoms with Gasteiger partial charge in [0, 0.05) is 16.5 Å². The van der Waals surface area contributed by atoms with Gasteiger partial charge in [0.1, 0.15) is 5.54 Å². The van der Waals surface area contributed by atoms with Gasteiger partial charge in [-0.3, -0.25) is 4.79 Å². The number of carbonyl (C=O) groups is 1. The van der Waals surface area contributed by atoms with E-state index in [0.717, 1.165) is 23.6 Å². The Bertz CT molecular complexity index is 447. The summed E-state index contributed by atoms with van der Waals surface area (Å²) in [6.07, 6.45) is 2.04. The molecule has 1 atom stereocenters. The second-order valence-electron chi connectivity index (χ2n) is 4.93. The molecule has 5 heteroatoms. The molecule has 3 nitrogen and oxygen atoms in total. The van der Waals surface area contributed by atoms with Crippen LogP contribution in [0.25, 0.3) is 0 Å². The molecule has 1 aliphatic rings. The van der Waals surface area contributed by atoms with Crippen molar-refractivity contribution in [1.82, 2.24) is 0 Å². The van der Waals surface area contributed by atoms with Crippen LogP contribution >= 0.6 is 23.4 Å². The van der Waals surface area contributed by atoms with Crippen LogP contribution in [0.2, 0.25) is 5.02 Å². The lowest BCUT2D eigenvalue weighted by Gasteiger charge is -2.25. The molecule has 2 N–H and O–H groups in total. The smallest absolute Gasteiger partial charge is 0.326 e. The number of hydrogen-bond donors (Lipinski definition) is 1. The van der Waals surface area contributed by atoms with Crippen molar-refractivity contribution in [3.8, 4) is 0 Å². The molecular formula is C14H18ClNO2S. The van der Waals surface area contributed by atoms with Crippen LogP contribution in [0.5, 0.6) is 0 Å². The Morgan fingerprint density at radius 3 is 2.63 bits per heavy atom. The molecule has 0 spiro atoms. The minimum atomic E-state index is -0.828. The largest absolute Gasteiger partial charge is 0.468 e. The van der Waals surface area contributed by atoms with E-state index in [4.69, 9.17) is 22.1 Å². The summed E-state index contributed by atoms with van der Waals surface area (Å²) in [5.41, 5.74) is 6.58. The van der Waals surface area contributed by atoms with Gasteiger partial charge < -0.3 is 10.5 Å². The molecule has 0 aliphatic heterocycles. The third-order valence-corrected chi connectivity index (χ3v) is 4.87. The molecule has 1 unspecified atom stereocenters. The summed E-state index contributed by atoms with van der Waals surface area (Å²) in [5, 5.41) is 0.731. The van der Waals surface area contributed by atoms with Crippen molar-refractivity contribution in [2.24, 2.45) is 11.7 Å². The predicted molar refractivity (Wildman–Crippen MR) is 79.3 cm³/mol. The number of esters is 1. The zero-order valence-electron chi connectivity index (χ0n) is 10.9. The van der Waals surface area contributed by atoms with Crippen molar-refractivity contribution >= 4 is 29.3 Å². The Hall–Kier alpha value is -0.710. The van der Waals surface area contributed by atoms with Gasteiger partial charge in [0.15, 0.2) is 0 Å². The summed E-state index contributed by atoms with van der Waals surface area (Å²) >= 11 is 7.50. The van der Waals surface area contributed by atoms with E-state index in [-0.39, 0.29) is 11.9 Å². The van der Waals surface area contributed by atoms with Crippen LogP contribution in [-0.4, -0.2) is 24.4 Å². The minimum Gasteiger partial charge on any atom is -0.468 e. The zero-order chi connectivity index (χ0) is 13.9. The third-order valence-electron chi connectivity index (χ3n) is 3.39. The number of hydrogen-bond acceptors (Lipinski definition) is 4. The highest BCUT2D eigenvalue weighted by molar-refractivity contribution is 7.98. The van der Waals surface area contributed by atoms with Crippen molar-refractivity contribution in [1.29, 1.82) is 0 Å². The van der Waals surface area contributed by atoms with Gasteiger partial charge in [-0.1, -0.05) is 23.7 Å². The number of thioether (sulfide) groups is 1. The summed E-state index contributed by atoms with van der Waals surface area (Å²) < 4.78 is 4.84. The molecule has 0 bridgehead atoms. The maximum Gasteiger partial charge on any atom is 0.326 e. The highest BCUT2D eigenvalue weighted by atomic mass is 35.5. The number of nitrogens with two attached hydrogens (primary N) is 1. The van der Waals surface area contributed by atoms with E-state index in [1.165, 1.54) is 12.7 Å². The van der Waals surface area contributed by atoms with E-state index < -0.39 is 5.54 Å². The molecule has 0 heterocycles. The van der Waals surface area contributed by atoms with Crippen molar-refractivity contribution < 1.29 is 9.53 Å². The fourth-order valence-electron chi connectivity index (χ4n) is 2.05. The Morgan fingerprint density at radius 1 is 1.47 bits per heavy atom. The van der Waals surface area contributed by atoms with Crippen molar-refractivity contribution in [2.75, 3.05) is 12.9 Å². The number of methoxy groups -OCH3 is 1. The molecule has 1 aromatic carbocycles. The highest BCUT2D eigenvalue weighted by Gasteiger charge is 2.48. The fourth-order valence-corrected chi connectivity index (χ4v) is 3.40. The third kappa shape index (κ3) is 3.65. The van der Waals surface area contributed by atoms with Gasteiger partial charge in [0.2, 0.25) is 0 Å². The second kappa shape index (κ2) is 6.16. The van der Waals surface area contributed by atoms with E-state index in [9.17, 15) is 4.79 Å². The second-order valence-corrected chi connectivity index (χ2v) is 6.35. The van der Waals surface area contributed by atoms with Crippen LogP contribution < -0.4 is 5.73 Å². The summed E-state index contributed by atoms with van der Waals surface area (Å²) in [7, 11) is 1.40. The van der Waals surface area contributed by atoms with Crippen LogP contribution in [0.1, 0.15) is 18.4 Å². The van der Waals surface area contributed by atoms with Gasteiger partial charge in [-0.05, 0) is 36.5 Å². The quantitative estimate of drug-likeness (QED) is 0.821. The number of halogens is 1. The van der Waals surface area contributed by atoms with Crippen molar-refractivity contribution in [3.63, 3.8) is 0 Å². The first-order chi connectivity index (χ1) is 9.06. The van der Waals surface area contributed by atoms with Crippen LogP contribution in [0.3, 0.4) is 0 Å². The summed E-state index contributed by atoms with van der Waals surface area (Å²) in [5.74, 6) is 1.39. The summed E-state index contributed by atoms with van der Waals surface area (Å²) in [6.45, 7) is 0. The van der Waals surface area contributed by atoms with E-state index in [0.29, 0.717) is 5.75 Å². The lowest BCUT2D eigenvalue weighted by molar-refractivity contribution is -0.146. The molecule has 1 aromatic rings. The fraction of sp³-hybridized carbons (Fsp3) is 0.500. The monoisotopic (exact) mass is 299 g/mol. The Labute approximate surface area is 122 Å². The topological polar surface area (TPSA) is 52.3 Å². The Kier molecular flexibility index (Phi) is 4.76. The van der Waals surface area contributed by atoms with E-state index >= 15 is 0 Å². The number of ether oxygens (including phenoxy) is 1. The molecule has 0 radical (unpaired) electrons. The molecule has 104 valence electrons. The molecule has 1 fully saturated rings. The molecule has 0 amide bonds. The summed E-state index contributed by atoms with van der Waals surface area (Å²) in [6, 6.07) is 7.72. The zero-order valence-corrected chi connectivity index (χ0v) is 12.5. The SMILES string of the molecule is COC(=O)C(N)(CSCc1ccc(Cl)cc1)C1CC1. The van der Waals surface area contributed by atoms with Crippen LogP contribution in [0.15, 0.2) is 24.3 Å². The highest BCUT2D eigenvalue weighted by Crippen LogP contribution is 2.40. The molecule has 19 heavy (non-hydrogen) atoms. The molecule has 0 saturated heterocycles. The lowest BCUT2D eigenvalue weighted by Crippen LogP contribution is -2.53. The first kappa shape index (κ1) is 14.7. The van der Waals surface area contributed by atoms with Crippen molar-refractivity contribution in [2.45, 2.75) is 24.1 Å². The molecule has 1 aliphatic carbocycles. The molecular weight excluding hydrogens is 282 g/mol. The van der Waals surface area contributed by atoms with Gasteiger partial charge in [-0.15, -0.1) is 0 Å². The maximum atomic E-state index is 11.8. The van der Waals surface area contributed by atoms with Crippen molar-refractivity contribution in [3.05, 3.63) is 34.9 Å². The number of carbonyl (C=O) groups excluding carboxylic acids is 1. The van der Waals surface area contributed by atoms with E-state index in [1.54, 1.807) is 11.8 Å². The van der Waals surface area contributed by atoms with Gasteiger partial charge in [0.05, 0.1) is 7.11 Å². The average molecular weight is 300 g/mol. The molecule has 2 rings (SSSR count). The van der Waals surface area contributed by atoms with Gasteiger partial charge >= 0.3 is 5.97 Å². The normalized spacial score (nSPS) is 17.8. The Morgan fingerprint density at radius 2 is 2.11 bits per heavy atom. The summed E-state index contributed by atoms with van der Waals surface area (Å²) in [4.78, 5) is 11.8. The molecule has 0 aromatic heterocycles. The van der Waals surface area contributed by atoms with E-state index in [2.05, 4.69) is 0 Å². The van der Waals surface area contributed by atoms with E-state index in [1.807, 2.05) is 24.3 Å². The number of benzene rings is 1. The van der Waals surface area contributed by atoms with Crippen LogP contribution in [-0.2, 0) is 15.3 Å². The molecule has 1 saturated carbocycles.